The van der Waals surface area contributed by atoms with Crippen molar-refractivity contribution < 1.29 is 19.1 Å². The average Bonchev–Trinajstić information content (AvgIpc) is 3.52. The number of likely N-dealkylation sites (tertiary alicyclic amines) is 1. The lowest BCUT2D eigenvalue weighted by molar-refractivity contribution is -0.129. The Hall–Kier alpha value is -2.94. The minimum atomic E-state index is -0.660. The minimum Gasteiger partial charge on any atom is -0.492 e. The van der Waals surface area contributed by atoms with Crippen LogP contribution in [0.1, 0.15) is 30.4 Å². The molecule has 1 aliphatic heterocycles. The van der Waals surface area contributed by atoms with Crippen molar-refractivity contribution in [3.63, 3.8) is 0 Å². The van der Waals surface area contributed by atoms with Crippen LogP contribution in [0.4, 0.5) is 0 Å². The summed E-state index contributed by atoms with van der Waals surface area (Å²) in [4.78, 5) is 22.5. The Kier molecular flexibility index (Phi) is 7.93. The first-order chi connectivity index (χ1) is 16.1. The quantitative estimate of drug-likeness (QED) is 0.346. The van der Waals surface area contributed by atoms with Crippen molar-refractivity contribution >= 4 is 17.5 Å². The van der Waals surface area contributed by atoms with Crippen molar-refractivity contribution in [3.05, 3.63) is 65.5 Å². The number of benzene rings is 1. The minimum absolute atomic E-state index is 0.0654. The van der Waals surface area contributed by atoms with E-state index in [1.807, 2.05) is 29.2 Å². The first-order valence-electron chi connectivity index (χ1n) is 11.0. The van der Waals surface area contributed by atoms with Gasteiger partial charge in [0.1, 0.15) is 35.9 Å². The fraction of sp³-hybridized carbons (Fsp3) is 0.375. The molecule has 0 bridgehead atoms. The number of hydrogen-bond acceptors (Lipinski definition) is 7. The number of aliphatic hydroxyl groups is 1. The summed E-state index contributed by atoms with van der Waals surface area (Å²) < 4.78 is 11.2. The van der Waals surface area contributed by atoms with Crippen LogP contribution in [0.15, 0.2) is 53.3 Å². The smallest absolute Gasteiger partial charge is 0.231 e. The van der Waals surface area contributed by atoms with E-state index >= 15 is 0 Å². The van der Waals surface area contributed by atoms with Gasteiger partial charge in [-0.3, -0.25) is 4.79 Å². The number of nitrogens with zero attached hydrogens (tertiary/aromatic N) is 3. The highest BCUT2D eigenvalue weighted by Gasteiger charge is 2.20. The van der Waals surface area contributed by atoms with E-state index in [9.17, 15) is 9.90 Å². The fourth-order valence-electron chi connectivity index (χ4n) is 3.64. The summed E-state index contributed by atoms with van der Waals surface area (Å²) in [7, 11) is 0. The molecule has 1 amide bonds. The van der Waals surface area contributed by atoms with E-state index in [4.69, 9.17) is 20.8 Å². The van der Waals surface area contributed by atoms with Crippen molar-refractivity contribution in [2.24, 2.45) is 0 Å². The van der Waals surface area contributed by atoms with Gasteiger partial charge in [-0.05, 0) is 43.2 Å². The van der Waals surface area contributed by atoms with Crippen LogP contribution in [-0.2, 0) is 11.2 Å². The van der Waals surface area contributed by atoms with Crippen LogP contribution in [0.2, 0.25) is 5.15 Å². The Morgan fingerprint density at radius 2 is 2.00 bits per heavy atom. The van der Waals surface area contributed by atoms with Crippen molar-refractivity contribution in [3.8, 4) is 17.0 Å². The average molecular weight is 471 g/mol. The van der Waals surface area contributed by atoms with Gasteiger partial charge >= 0.3 is 0 Å². The van der Waals surface area contributed by atoms with E-state index in [0.717, 1.165) is 37.2 Å². The molecule has 1 unspecified atom stereocenters. The van der Waals surface area contributed by atoms with Gasteiger partial charge in [0.25, 0.3) is 0 Å². The topological polar surface area (TPSA) is 101 Å². The summed E-state index contributed by atoms with van der Waals surface area (Å²) in [6, 6.07) is 11.0. The molecule has 1 fully saturated rings. The lowest BCUT2D eigenvalue weighted by atomic mass is 10.1. The standard InChI is InChI=1S/C24H27ClN4O4/c25-22-8-5-18(14-27-22)21(30)15-26-9-12-32-19-6-3-17(4-7-19)20-16-33-23(28-20)13-24(31)29-10-1-2-11-29/h3-8,14,16,21,26,30H,1-2,9-13,15H2. The summed E-state index contributed by atoms with van der Waals surface area (Å²) in [5.41, 5.74) is 2.29. The predicted octanol–water partition coefficient (Wildman–Crippen LogP) is 3.26. The maximum absolute atomic E-state index is 12.3. The van der Waals surface area contributed by atoms with Gasteiger partial charge in [-0.15, -0.1) is 0 Å². The molecule has 3 aromatic rings. The molecule has 33 heavy (non-hydrogen) atoms. The van der Waals surface area contributed by atoms with Crippen LogP contribution < -0.4 is 10.1 Å². The molecule has 0 aliphatic carbocycles. The van der Waals surface area contributed by atoms with Crippen LogP contribution in [0.5, 0.6) is 5.75 Å². The molecule has 1 saturated heterocycles. The number of carbonyl (C=O) groups is 1. The SMILES string of the molecule is O=C(Cc1nc(-c2ccc(OCCNCC(O)c3ccc(Cl)nc3)cc2)co1)N1CCCC1. The van der Waals surface area contributed by atoms with Gasteiger partial charge in [0, 0.05) is 43.5 Å². The first-order valence-corrected chi connectivity index (χ1v) is 11.4. The Balaban J connectivity index is 1.19. The Morgan fingerprint density at radius 1 is 1.21 bits per heavy atom. The number of rotatable bonds is 10. The second-order valence-electron chi connectivity index (χ2n) is 7.90. The van der Waals surface area contributed by atoms with Crippen LogP contribution >= 0.6 is 11.6 Å². The van der Waals surface area contributed by atoms with Crippen LogP contribution in [0.3, 0.4) is 0 Å². The lowest BCUT2D eigenvalue weighted by Crippen LogP contribution is -2.29. The van der Waals surface area contributed by atoms with Gasteiger partial charge < -0.3 is 24.5 Å². The molecule has 1 aromatic carbocycles. The molecule has 2 aromatic heterocycles. The number of carbonyl (C=O) groups excluding carboxylic acids is 1. The van der Waals surface area contributed by atoms with Crippen molar-refractivity contribution in [1.82, 2.24) is 20.2 Å². The van der Waals surface area contributed by atoms with E-state index in [1.165, 1.54) is 0 Å². The monoisotopic (exact) mass is 470 g/mol. The molecule has 0 saturated carbocycles. The third-order valence-electron chi connectivity index (χ3n) is 5.48. The summed E-state index contributed by atoms with van der Waals surface area (Å²) in [6.45, 7) is 3.07. The summed E-state index contributed by atoms with van der Waals surface area (Å²) in [5, 5.41) is 13.7. The maximum atomic E-state index is 12.3. The third kappa shape index (κ3) is 6.54. The molecule has 2 N–H and O–H groups in total. The Labute approximate surface area is 197 Å². The van der Waals surface area contributed by atoms with Crippen molar-refractivity contribution in [2.45, 2.75) is 25.4 Å². The number of pyridine rings is 1. The zero-order valence-corrected chi connectivity index (χ0v) is 19.0. The summed E-state index contributed by atoms with van der Waals surface area (Å²) >= 11 is 5.76. The van der Waals surface area contributed by atoms with E-state index in [0.29, 0.717) is 42.0 Å². The first kappa shape index (κ1) is 23.2. The number of hydrogen-bond donors (Lipinski definition) is 2. The Morgan fingerprint density at radius 3 is 2.73 bits per heavy atom. The lowest BCUT2D eigenvalue weighted by Gasteiger charge is -2.13. The molecule has 4 rings (SSSR count). The summed E-state index contributed by atoms with van der Waals surface area (Å²) in [5.74, 6) is 1.23. The second kappa shape index (κ2) is 11.3. The molecule has 174 valence electrons. The summed E-state index contributed by atoms with van der Waals surface area (Å²) in [6.07, 6.45) is 4.81. The van der Waals surface area contributed by atoms with Crippen molar-refractivity contribution in [2.75, 3.05) is 32.8 Å². The zero-order chi connectivity index (χ0) is 23.0. The molecule has 1 atom stereocenters. The van der Waals surface area contributed by atoms with Crippen molar-refractivity contribution in [1.29, 1.82) is 0 Å². The molecule has 0 spiro atoms. The van der Waals surface area contributed by atoms with E-state index < -0.39 is 6.10 Å². The van der Waals surface area contributed by atoms with E-state index in [1.54, 1.807) is 24.6 Å². The Bertz CT molecular complexity index is 1030. The van der Waals surface area contributed by atoms with Gasteiger partial charge in [-0.25, -0.2) is 9.97 Å². The normalized spacial score (nSPS) is 14.4. The number of ether oxygens (including phenoxy) is 1. The fourth-order valence-corrected chi connectivity index (χ4v) is 3.75. The largest absolute Gasteiger partial charge is 0.492 e. The molecule has 8 nitrogen and oxygen atoms in total. The van der Waals surface area contributed by atoms with E-state index in [-0.39, 0.29) is 12.3 Å². The number of amides is 1. The molecular weight excluding hydrogens is 444 g/mol. The molecule has 9 heteroatoms. The van der Waals surface area contributed by atoms with Crippen LogP contribution in [0.25, 0.3) is 11.3 Å². The van der Waals surface area contributed by atoms with Gasteiger partial charge in [0.2, 0.25) is 11.8 Å². The van der Waals surface area contributed by atoms with Gasteiger partial charge in [-0.1, -0.05) is 17.7 Å². The predicted molar refractivity (Wildman–Crippen MR) is 124 cm³/mol. The van der Waals surface area contributed by atoms with Gasteiger partial charge in [0.05, 0.1) is 6.10 Å². The number of oxazole rings is 1. The number of halogens is 1. The van der Waals surface area contributed by atoms with Crippen LogP contribution in [-0.4, -0.2) is 58.7 Å². The molecule has 3 heterocycles. The van der Waals surface area contributed by atoms with Gasteiger partial charge in [0.15, 0.2) is 0 Å². The number of aliphatic hydroxyl groups excluding tert-OH is 1. The molecular formula is C24H27ClN4O4. The number of nitrogens with one attached hydrogen (secondary N) is 1. The second-order valence-corrected chi connectivity index (χ2v) is 8.29. The highest BCUT2D eigenvalue weighted by atomic mass is 35.5. The number of aromatic nitrogens is 2. The molecule has 0 radical (unpaired) electrons. The third-order valence-corrected chi connectivity index (χ3v) is 5.71. The maximum Gasteiger partial charge on any atom is 0.231 e. The van der Waals surface area contributed by atoms with E-state index in [2.05, 4.69) is 15.3 Å². The van der Waals surface area contributed by atoms with Crippen LogP contribution in [0, 0.1) is 0 Å². The zero-order valence-electron chi connectivity index (χ0n) is 18.2. The highest BCUT2D eigenvalue weighted by Crippen LogP contribution is 2.22. The highest BCUT2D eigenvalue weighted by molar-refractivity contribution is 6.29. The molecule has 1 aliphatic rings. The van der Waals surface area contributed by atoms with Gasteiger partial charge in [-0.2, -0.15) is 0 Å².